The fourth-order valence-corrected chi connectivity index (χ4v) is 2.58. The van der Waals surface area contributed by atoms with Crippen molar-refractivity contribution in [2.45, 2.75) is 38.8 Å². The van der Waals surface area contributed by atoms with Crippen LogP contribution in [0.4, 0.5) is 13.2 Å². The fraction of sp³-hybridized carbons (Fsp3) is 0.619. The number of ether oxygens (including phenoxy) is 1. The van der Waals surface area contributed by atoms with E-state index in [-0.39, 0.29) is 18.4 Å². The van der Waals surface area contributed by atoms with Gasteiger partial charge < -0.3 is 20.3 Å². The van der Waals surface area contributed by atoms with E-state index in [1.165, 1.54) is 17.0 Å². The molecule has 0 radical (unpaired) electrons. The van der Waals surface area contributed by atoms with Crippen LogP contribution in [-0.2, 0) is 15.7 Å². The van der Waals surface area contributed by atoms with Gasteiger partial charge in [-0.15, -0.1) is 0 Å². The van der Waals surface area contributed by atoms with Gasteiger partial charge in [-0.2, -0.15) is 13.2 Å². The Bertz CT molecular complexity index is 678. The molecule has 0 spiro atoms. The highest BCUT2D eigenvalue weighted by Crippen LogP contribution is 2.31. The number of rotatable bonds is 11. The molecule has 0 fully saturated rings. The summed E-state index contributed by atoms with van der Waals surface area (Å²) in [5, 5.41) is 6.31. The molecule has 1 unspecified atom stereocenters. The van der Waals surface area contributed by atoms with Crippen LogP contribution < -0.4 is 10.6 Å². The molecule has 1 amide bonds. The fourth-order valence-electron chi connectivity index (χ4n) is 2.58. The summed E-state index contributed by atoms with van der Waals surface area (Å²) in [6.07, 6.45) is -2.95. The Morgan fingerprint density at radius 2 is 1.93 bits per heavy atom. The summed E-state index contributed by atoms with van der Waals surface area (Å²) in [5.41, 5.74) is -0.00204. The Labute approximate surface area is 176 Å². The van der Waals surface area contributed by atoms with Gasteiger partial charge in [0.25, 0.3) is 0 Å². The lowest BCUT2D eigenvalue weighted by atomic mass is 9.96. The maximum atomic E-state index is 12.9. The number of benzene rings is 1. The van der Waals surface area contributed by atoms with Gasteiger partial charge in [0.15, 0.2) is 5.96 Å². The second kappa shape index (κ2) is 13.1. The first-order valence-corrected chi connectivity index (χ1v) is 10.1. The predicted octanol–water partition coefficient (Wildman–Crippen LogP) is 3.25. The molecular formula is C21H33F3N4O2. The first-order valence-electron chi connectivity index (χ1n) is 10.1. The van der Waals surface area contributed by atoms with E-state index in [1.54, 1.807) is 20.2 Å². The lowest BCUT2D eigenvalue weighted by Crippen LogP contribution is -2.40. The number of nitrogens with one attached hydrogen (secondary N) is 2. The monoisotopic (exact) mass is 430 g/mol. The first-order chi connectivity index (χ1) is 14.1. The van der Waals surface area contributed by atoms with Gasteiger partial charge in [-0.1, -0.05) is 25.1 Å². The van der Waals surface area contributed by atoms with Crippen LogP contribution in [0.1, 0.15) is 43.7 Å². The quantitative estimate of drug-likeness (QED) is 0.321. The van der Waals surface area contributed by atoms with Crippen molar-refractivity contribution >= 4 is 11.9 Å². The smallest absolute Gasteiger partial charge is 0.382 e. The van der Waals surface area contributed by atoms with Gasteiger partial charge in [0, 0.05) is 40.4 Å². The molecule has 0 aliphatic carbocycles. The van der Waals surface area contributed by atoms with E-state index in [0.29, 0.717) is 44.2 Å². The minimum Gasteiger partial charge on any atom is -0.382 e. The molecule has 0 aromatic heterocycles. The van der Waals surface area contributed by atoms with Crippen molar-refractivity contribution in [3.05, 3.63) is 35.4 Å². The summed E-state index contributed by atoms with van der Waals surface area (Å²) < 4.78 is 44.0. The van der Waals surface area contributed by atoms with Crippen molar-refractivity contribution in [1.29, 1.82) is 0 Å². The molecular weight excluding hydrogens is 397 g/mol. The van der Waals surface area contributed by atoms with Crippen LogP contribution in [-0.4, -0.2) is 63.7 Å². The molecule has 6 nitrogen and oxygen atoms in total. The Hall–Kier alpha value is -2.29. The third kappa shape index (κ3) is 9.96. The van der Waals surface area contributed by atoms with Crippen LogP contribution in [0.3, 0.4) is 0 Å². The molecule has 0 saturated heterocycles. The molecule has 0 aliphatic heterocycles. The average Bonchev–Trinajstić information content (AvgIpc) is 2.70. The number of hydrogen-bond acceptors (Lipinski definition) is 3. The Balaban J connectivity index is 2.62. The minimum atomic E-state index is -4.35. The molecule has 170 valence electrons. The molecule has 1 aromatic rings. The molecule has 9 heteroatoms. The standard InChI is InChI=1S/C21H33F3N4O2/c1-5-30-13-7-11-25-20(27-15-19(29)28(3)4)26-12-10-16(2)17-8-6-9-18(14-17)21(22,23)24/h6,8-9,14,16H,5,7,10-13,15H2,1-4H3,(H2,25,26,27). The van der Waals surface area contributed by atoms with Crippen LogP contribution in [0.5, 0.6) is 0 Å². The number of halogens is 3. The van der Waals surface area contributed by atoms with Gasteiger partial charge >= 0.3 is 6.18 Å². The number of amides is 1. The van der Waals surface area contributed by atoms with Crippen molar-refractivity contribution in [1.82, 2.24) is 15.5 Å². The summed E-state index contributed by atoms with van der Waals surface area (Å²) in [4.78, 5) is 17.6. The lowest BCUT2D eigenvalue weighted by Gasteiger charge is -2.17. The van der Waals surface area contributed by atoms with Crippen molar-refractivity contribution in [2.24, 2.45) is 4.99 Å². The Morgan fingerprint density at radius 1 is 1.23 bits per heavy atom. The number of aliphatic imine (C=N–C) groups is 1. The SMILES string of the molecule is CCOCCCNC(=NCC(=O)N(C)C)NCCC(C)c1cccc(C(F)(F)F)c1. The number of alkyl halides is 3. The van der Waals surface area contributed by atoms with Gasteiger partial charge in [-0.25, -0.2) is 4.99 Å². The largest absolute Gasteiger partial charge is 0.416 e. The summed E-state index contributed by atoms with van der Waals surface area (Å²) in [6, 6.07) is 5.41. The zero-order valence-corrected chi connectivity index (χ0v) is 18.2. The summed E-state index contributed by atoms with van der Waals surface area (Å²) in [6.45, 7) is 6.25. The molecule has 1 atom stereocenters. The highest BCUT2D eigenvalue weighted by Gasteiger charge is 2.30. The molecule has 1 rings (SSSR count). The molecule has 0 aliphatic rings. The van der Waals surface area contributed by atoms with E-state index >= 15 is 0 Å². The van der Waals surface area contributed by atoms with Crippen LogP contribution in [0.2, 0.25) is 0 Å². The zero-order valence-electron chi connectivity index (χ0n) is 18.2. The minimum absolute atomic E-state index is 0.0109. The number of carbonyl (C=O) groups excluding carboxylic acids is 1. The van der Waals surface area contributed by atoms with Crippen molar-refractivity contribution in [3.8, 4) is 0 Å². The summed E-state index contributed by atoms with van der Waals surface area (Å²) >= 11 is 0. The molecule has 0 bridgehead atoms. The molecule has 1 aromatic carbocycles. The first kappa shape index (κ1) is 25.7. The van der Waals surface area contributed by atoms with Crippen LogP contribution in [0, 0.1) is 0 Å². The van der Waals surface area contributed by atoms with Gasteiger partial charge in [0.1, 0.15) is 6.54 Å². The molecule has 30 heavy (non-hydrogen) atoms. The van der Waals surface area contributed by atoms with Crippen LogP contribution >= 0.6 is 0 Å². The van der Waals surface area contributed by atoms with Crippen molar-refractivity contribution < 1.29 is 22.7 Å². The second-order valence-corrected chi connectivity index (χ2v) is 7.17. The summed E-state index contributed by atoms with van der Waals surface area (Å²) in [5.74, 6) is 0.308. The summed E-state index contributed by atoms with van der Waals surface area (Å²) in [7, 11) is 3.33. The van der Waals surface area contributed by atoms with E-state index in [1.807, 2.05) is 13.8 Å². The maximum Gasteiger partial charge on any atom is 0.416 e. The third-order valence-corrected chi connectivity index (χ3v) is 4.49. The van der Waals surface area contributed by atoms with E-state index in [4.69, 9.17) is 4.74 Å². The lowest BCUT2D eigenvalue weighted by molar-refractivity contribution is -0.137. The average molecular weight is 431 g/mol. The van der Waals surface area contributed by atoms with Gasteiger partial charge in [-0.05, 0) is 37.3 Å². The zero-order chi connectivity index (χ0) is 22.6. The van der Waals surface area contributed by atoms with Gasteiger partial charge in [0.05, 0.1) is 5.56 Å². The molecule has 0 saturated carbocycles. The number of carbonyl (C=O) groups is 1. The third-order valence-electron chi connectivity index (χ3n) is 4.49. The highest BCUT2D eigenvalue weighted by atomic mass is 19.4. The van der Waals surface area contributed by atoms with Crippen molar-refractivity contribution in [2.75, 3.05) is 46.9 Å². The van der Waals surface area contributed by atoms with E-state index < -0.39 is 11.7 Å². The highest BCUT2D eigenvalue weighted by molar-refractivity contribution is 5.84. The van der Waals surface area contributed by atoms with Gasteiger partial charge in [-0.3, -0.25) is 4.79 Å². The predicted molar refractivity (Wildman–Crippen MR) is 113 cm³/mol. The Kier molecular flexibility index (Phi) is 11.2. The van der Waals surface area contributed by atoms with E-state index in [0.717, 1.165) is 12.5 Å². The number of nitrogens with zero attached hydrogens (tertiary/aromatic N) is 2. The Morgan fingerprint density at radius 3 is 2.57 bits per heavy atom. The molecule has 0 heterocycles. The van der Waals surface area contributed by atoms with E-state index in [9.17, 15) is 18.0 Å². The van der Waals surface area contributed by atoms with Crippen LogP contribution in [0.25, 0.3) is 0 Å². The van der Waals surface area contributed by atoms with Gasteiger partial charge in [0.2, 0.25) is 5.91 Å². The van der Waals surface area contributed by atoms with Crippen LogP contribution in [0.15, 0.2) is 29.3 Å². The topological polar surface area (TPSA) is 66.0 Å². The number of hydrogen-bond donors (Lipinski definition) is 2. The van der Waals surface area contributed by atoms with Crippen molar-refractivity contribution in [3.63, 3.8) is 0 Å². The normalized spacial score (nSPS) is 13.1. The van der Waals surface area contributed by atoms with E-state index in [2.05, 4.69) is 15.6 Å². The maximum absolute atomic E-state index is 12.9. The number of likely N-dealkylation sites (N-methyl/N-ethyl adjacent to an activating group) is 1. The number of guanidine groups is 1. The second-order valence-electron chi connectivity index (χ2n) is 7.17. The molecule has 2 N–H and O–H groups in total.